The highest BCUT2D eigenvalue weighted by atomic mass is 35.5. The molecule has 0 bridgehead atoms. The number of anilines is 2. The molecular formula is C46H51ClN8O11S2. The van der Waals surface area contributed by atoms with Crippen LogP contribution in [-0.2, 0) is 43.8 Å². The number of thiophene rings is 1. The van der Waals surface area contributed by atoms with E-state index in [0.29, 0.717) is 84.0 Å². The molecule has 0 radical (unpaired) electrons. The molecular weight excluding hydrogens is 940 g/mol. The summed E-state index contributed by atoms with van der Waals surface area (Å²) in [4.78, 5) is 78.1. The molecule has 2 atom stereocenters. The van der Waals surface area contributed by atoms with Crippen molar-refractivity contribution >= 4 is 85.2 Å². The lowest BCUT2D eigenvalue weighted by Gasteiger charge is -2.45. The monoisotopic (exact) mass is 990 g/mol. The number of nitrogens with zero attached hydrogens (tertiary/aromatic N) is 5. The molecule has 3 saturated heterocycles. The van der Waals surface area contributed by atoms with Crippen LogP contribution in [0, 0.1) is 0 Å². The van der Waals surface area contributed by atoms with E-state index in [0.717, 1.165) is 16.9 Å². The van der Waals surface area contributed by atoms with Crippen LogP contribution in [0.4, 0.5) is 16.2 Å². The van der Waals surface area contributed by atoms with Crippen molar-refractivity contribution in [3.8, 4) is 16.2 Å². The SMILES string of the molecule is Cn1c(=O)n(C2CCC(=O)NC2=O)c2ccc(CN3CCN(C(=O)Nc4cccc(CS(=O)(=O)N5CC[C@H](Nc6cccc(-c7sc(C(=O)O)c(OCC(=O)O)c7Cl)c6)CC5(C)C)c4)CC3)cc21. The van der Waals surface area contributed by atoms with Crippen molar-refractivity contribution < 1.29 is 47.3 Å². The second-order valence-corrected chi connectivity index (χ2v) is 21.1. The summed E-state index contributed by atoms with van der Waals surface area (Å²) in [6, 6.07) is 18.5. The highest BCUT2D eigenvalue weighted by Gasteiger charge is 2.42. The van der Waals surface area contributed by atoms with Crippen molar-refractivity contribution in [1.82, 2.24) is 28.6 Å². The third-order valence-corrected chi connectivity index (χ3v) is 16.3. The molecule has 3 aromatic carbocycles. The predicted molar refractivity (Wildman–Crippen MR) is 256 cm³/mol. The van der Waals surface area contributed by atoms with Crippen molar-refractivity contribution in [2.75, 3.05) is 50.0 Å². The van der Waals surface area contributed by atoms with Crippen LogP contribution >= 0.6 is 22.9 Å². The minimum absolute atomic E-state index is 0.00309. The van der Waals surface area contributed by atoms with Crippen LogP contribution < -0.4 is 26.4 Å². The molecule has 68 heavy (non-hydrogen) atoms. The Morgan fingerprint density at radius 3 is 2.35 bits per heavy atom. The number of benzene rings is 3. The number of amides is 4. The highest BCUT2D eigenvalue weighted by molar-refractivity contribution is 7.88. The first-order valence-electron chi connectivity index (χ1n) is 22.0. The number of piperazine rings is 1. The Morgan fingerprint density at radius 1 is 0.912 bits per heavy atom. The molecule has 3 fully saturated rings. The van der Waals surface area contributed by atoms with Crippen molar-refractivity contribution in [2.45, 2.75) is 69.5 Å². The Hall–Kier alpha value is -6.26. The van der Waals surface area contributed by atoms with Crippen LogP contribution in [0.2, 0.25) is 5.02 Å². The number of sulfonamides is 1. The van der Waals surface area contributed by atoms with Gasteiger partial charge in [-0.15, -0.1) is 11.3 Å². The second-order valence-electron chi connectivity index (χ2n) is 17.8. The Morgan fingerprint density at radius 2 is 1.65 bits per heavy atom. The standard InChI is InChI=1S/C46H51ClN8O11S2/c1-46(2)23-32(48-31-9-5-7-29(22-31)40-38(47)39(66-25-37(57)58)41(67-40)43(60)61)14-15-54(46)68(64,65)26-28-6-4-8-30(20-28)49-44(62)53-18-16-52(17-19-53)24-27-10-11-33-35(21-27)51(3)45(63)55(33)34-12-13-36(56)50-42(34)59/h4-11,20-22,32,34,48H,12-19,23-26H2,1-3H3,(H,49,62)(H,57,58)(H,60,61)(H,50,56,59)/t32-,34?/m0/s1. The molecule has 2 aromatic heterocycles. The maximum absolute atomic E-state index is 14.0. The number of carbonyl (C=O) groups is 5. The van der Waals surface area contributed by atoms with Crippen LogP contribution in [0.5, 0.6) is 5.75 Å². The second kappa shape index (κ2) is 19.4. The molecule has 5 heterocycles. The van der Waals surface area contributed by atoms with Crippen molar-refractivity contribution in [2.24, 2.45) is 7.05 Å². The average molecular weight is 992 g/mol. The van der Waals surface area contributed by atoms with E-state index in [1.54, 1.807) is 54.4 Å². The Kier molecular flexibility index (Phi) is 13.7. The number of nitrogens with one attached hydrogen (secondary N) is 3. The number of hydrogen-bond donors (Lipinski definition) is 5. The number of halogens is 1. The number of urea groups is 1. The average Bonchev–Trinajstić information content (AvgIpc) is 3.74. The van der Waals surface area contributed by atoms with E-state index >= 15 is 0 Å². The largest absolute Gasteiger partial charge is 0.479 e. The van der Waals surface area contributed by atoms with Crippen molar-refractivity contribution in [1.29, 1.82) is 0 Å². The fraction of sp³-hybridized carbons (Fsp3) is 0.391. The molecule has 1 unspecified atom stereocenters. The number of hydrogen-bond acceptors (Lipinski definition) is 12. The molecule has 19 nitrogen and oxygen atoms in total. The number of aryl methyl sites for hydroxylation is 1. The Labute approximate surface area is 400 Å². The Balaban J connectivity index is 0.839. The zero-order chi connectivity index (χ0) is 48.7. The number of piperidine rings is 2. The summed E-state index contributed by atoms with van der Waals surface area (Å²) in [6.45, 7) is 5.97. The summed E-state index contributed by atoms with van der Waals surface area (Å²) < 4.78 is 37.8. The van der Waals surface area contributed by atoms with Gasteiger partial charge in [0.15, 0.2) is 17.2 Å². The van der Waals surface area contributed by atoms with Gasteiger partial charge in [0.1, 0.15) is 11.1 Å². The van der Waals surface area contributed by atoms with E-state index in [9.17, 15) is 42.3 Å². The number of aromatic nitrogens is 2. The Bertz CT molecular complexity index is 3000. The van der Waals surface area contributed by atoms with Gasteiger partial charge in [0.05, 0.1) is 21.7 Å². The van der Waals surface area contributed by atoms with Crippen LogP contribution in [0.15, 0.2) is 71.5 Å². The number of aromatic carboxylic acids is 1. The zero-order valence-electron chi connectivity index (χ0n) is 37.5. The van der Waals surface area contributed by atoms with E-state index in [-0.39, 0.29) is 64.5 Å². The van der Waals surface area contributed by atoms with Crippen molar-refractivity contribution in [3.05, 3.63) is 98.2 Å². The van der Waals surface area contributed by atoms with Gasteiger partial charge in [0.2, 0.25) is 21.8 Å². The number of carboxylic acids is 2. The van der Waals surface area contributed by atoms with Gasteiger partial charge in [-0.25, -0.2) is 27.6 Å². The third-order valence-electron chi connectivity index (χ3n) is 12.5. The maximum atomic E-state index is 14.0. The number of fused-ring (bicyclic) bond motifs is 1. The fourth-order valence-electron chi connectivity index (χ4n) is 9.33. The molecule has 360 valence electrons. The van der Waals surface area contributed by atoms with Crippen LogP contribution in [0.1, 0.15) is 66.4 Å². The summed E-state index contributed by atoms with van der Waals surface area (Å²) in [7, 11) is -2.15. The maximum Gasteiger partial charge on any atom is 0.349 e. The summed E-state index contributed by atoms with van der Waals surface area (Å²) in [5.74, 6) is -3.88. The molecule has 8 rings (SSSR count). The molecule has 22 heteroatoms. The number of imidazole rings is 1. The van der Waals surface area contributed by atoms with Gasteiger partial charge in [-0.1, -0.05) is 41.9 Å². The fourth-order valence-corrected chi connectivity index (χ4v) is 12.7. The normalized spacial score (nSPS) is 19.1. The van der Waals surface area contributed by atoms with Crippen LogP contribution in [0.25, 0.3) is 21.5 Å². The number of rotatable bonds is 14. The van der Waals surface area contributed by atoms with Gasteiger partial charge >= 0.3 is 23.7 Å². The predicted octanol–water partition coefficient (Wildman–Crippen LogP) is 5.40. The third kappa shape index (κ3) is 10.3. The summed E-state index contributed by atoms with van der Waals surface area (Å²) in [5.41, 5.74) is 3.47. The minimum atomic E-state index is -3.81. The summed E-state index contributed by atoms with van der Waals surface area (Å²) in [6.07, 6.45) is 1.40. The van der Waals surface area contributed by atoms with E-state index in [1.807, 2.05) is 38.1 Å². The highest BCUT2D eigenvalue weighted by Crippen LogP contribution is 2.46. The molecule has 0 spiro atoms. The van der Waals surface area contributed by atoms with Gasteiger partial charge in [-0.3, -0.25) is 28.9 Å². The number of carboxylic acid groups (broad SMARTS) is 2. The smallest absolute Gasteiger partial charge is 0.349 e. The minimum Gasteiger partial charge on any atom is -0.479 e. The number of aliphatic carboxylic acids is 1. The number of carbonyl (C=O) groups excluding carboxylic acids is 3. The topological polar surface area (TPSA) is 242 Å². The quantitative estimate of drug-likeness (QED) is 0.0878. The summed E-state index contributed by atoms with van der Waals surface area (Å²) >= 11 is 7.40. The lowest BCUT2D eigenvalue weighted by Crippen LogP contribution is -2.55. The first-order chi connectivity index (χ1) is 32.3. The zero-order valence-corrected chi connectivity index (χ0v) is 39.9. The van der Waals surface area contributed by atoms with Crippen LogP contribution in [0.3, 0.4) is 0 Å². The lowest BCUT2D eigenvalue weighted by molar-refractivity contribution is -0.139. The van der Waals surface area contributed by atoms with Gasteiger partial charge < -0.3 is 30.5 Å². The van der Waals surface area contributed by atoms with Gasteiger partial charge in [-0.05, 0) is 86.2 Å². The molecule has 4 amide bonds. The van der Waals surface area contributed by atoms with E-state index in [4.69, 9.17) is 21.4 Å². The van der Waals surface area contributed by atoms with Crippen molar-refractivity contribution in [3.63, 3.8) is 0 Å². The van der Waals surface area contributed by atoms with E-state index in [1.165, 1.54) is 13.4 Å². The van der Waals surface area contributed by atoms with Crippen LogP contribution in [-0.4, -0.2) is 123 Å². The molecule has 0 aliphatic carbocycles. The number of imide groups is 1. The molecule has 3 aliphatic rings. The first-order valence-corrected chi connectivity index (χ1v) is 24.8. The number of ether oxygens (including phenoxy) is 1. The van der Waals surface area contributed by atoms with Gasteiger partial charge in [-0.2, -0.15) is 4.31 Å². The van der Waals surface area contributed by atoms with Gasteiger partial charge in [0, 0.05) is 75.7 Å². The molecule has 3 aliphatic heterocycles. The van der Waals surface area contributed by atoms with E-state index < -0.39 is 46.1 Å². The molecule has 5 aromatic rings. The molecule has 0 saturated carbocycles. The van der Waals surface area contributed by atoms with Gasteiger partial charge in [0.25, 0.3) is 0 Å². The van der Waals surface area contributed by atoms with E-state index in [2.05, 4.69) is 20.9 Å². The molecule has 5 N–H and O–H groups in total. The first kappa shape index (κ1) is 48.2. The lowest BCUT2D eigenvalue weighted by atomic mass is 9.89. The summed E-state index contributed by atoms with van der Waals surface area (Å²) in [5, 5.41) is 27.5.